The van der Waals surface area contributed by atoms with Gasteiger partial charge in [0.25, 0.3) is 0 Å². The van der Waals surface area contributed by atoms with E-state index < -0.39 is 0 Å². The van der Waals surface area contributed by atoms with E-state index in [1.807, 2.05) is 55.7 Å². The van der Waals surface area contributed by atoms with Gasteiger partial charge in [-0.15, -0.1) is 0 Å². The maximum Gasteiger partial charge on any atom is 0.226 e. The van der Waals surface area contributed by atoms with Crippen molar-refractivity contribution >= 4 is 11.6 Å². The van der Waals surface area contributed by atoms with Crippen molar-refractivity contribution in [2.45, 2.75) is 26.3 Å². The highest BCUT2D eigenvalue weighted by atomic mass is 16.5. The lowest BCUT2D eigenvalue weighted by atomic mass is 10.0. The van der Waals surface area contributed by atoms with Crippen molar-refractivity contribution in [1.29, 1.82) is 0 Å². The molecule has 3 rings (SSSR count). The number of para-hydroxylation sites is 2. The third-order valence-corrected chi connectivity index (χ3v) is 4.29. The monoisotopic (exact) mass is 348 g/mol. The molecule has 134 valence electrons. The lowest BCUT2D eigenvalue weighted by Gasteiger charge is -2.20. The molecule has 0 radical (unpaired) electrons. The summed E-state index contributed by atoms with van der Waals surface area (Å²) in [5.74, 6) is 0.646. The Labute approximate surface area is 154 Å². The molecule has 2 aromatic carbocycles. The van der Waals surface area contributed by atoms with E-state index in [4.69, 9.17) is 4.74 Å². The van der Waals surface area contributed by atoms with E-state index in [0.717, 1.165) is 5.56 Å². The van der Waals surface area contributed by atoms with Crippen LogP contribution in [-0.4, -0.2) is 17.1 Å². The average molecular weight is 348 g/mol. The maximum absolute atomic E-state index is 12.7. The third-order valence-electron chi connectivity index (χ3n) is 4.29. The van der Waals surface area contributed by atoms with E-state index in [1.54, 1.807) is 0 Å². The van der Waals surface area contributed by atoms with Gasteiger partial charge in [-0.1, -0.05) is 42.0 Å². The van der Waals surface area contributed by atoms with Crippen molar-refractivity contribution < 1.29 is 9.53 Å². The molecular formula is C22H24N2O2. The van der Waals surface area contributed by atoms with Crippen molar-refractivity contribution in [1.82, 2.24) is 4.57 Å². The molecule has 0 saturated carbocycles. The van der Waals surface area contributed by atoms with Crippen molar-refractivity contribution in [3.05, 3.63) is 84.2 Å². The predicted molar refractivity (Wildman–Crippen MR) is 105 cm³/mol. The quantitative estimate of drug-likeness (QED) is 0.665. The highest BCUT2D eigenvalue weighted by Gasteiger charge is 2.18. The van der Waals surface area contributed by atoms with E-state index in [9.17, 15) is 4.79 Å². The van der Waals surface area contributed by atoms with Gasteiger partial charge in [-0.25, -0.2) is 0 Å². The summed E-state index contributed by atoms with van der Waals surface area (Å²) in [6, 6.07) is 19.7. The van der Waals surface area contributed by atoms with E-state index in [0.29, 0.717) is 24.5 Å². The lowest BCUT2D eigenvalue weighted by Crippen LogP contribution is -2.20. The van der Waals surface area contributed by atoms with Crippen LogP contribution in [0.3, 0.4) is 0 Å². The summed E-state index contributed by atoms with van der Waals surface area (Å²) in [7, 11) is 0. The minimum atomic E-state index is -0.0511. The zero-order valence-corrected chi connectivity index (χ0v) is 15.2. The van der Waals surface area contributed by atoms with Gasteiger partial charge in [0.05, 0.1) is 24.8 Å². The van der Waals surface area contributed by atoms with E-state index in [1.165, 1.54) is 5.56 Å². The van der Waals surface area contributed by atoms with Crippen LogP contribution in [-0.2, 0) is 4.79 Å². The van der Waals surface area contributed by atoms with Gasteiger partial charge < -0.3 is 14.6 Å². The number of aryl methyl sites for hydroxylation is 1. The summed E-state index contributed by atoms with van der Waals surface area (Å²) in [5.41, 5.74) is 3.02. The van der Waals surface area contributed by atoms with Crippen molar-refractivity contribution in [3.63, 3.8) is 0 Å². The van der Waals surface area contributed by atoms with Gasteiger partial charge in [0.1, 0.15) is 5.75 Å². The molecule has 0 bridgehead atoms. The van der Waals surface area contributed by atoms with Crippen LogP contribution in [0.5, 0.6) is 5.75 Å². The Morgan fingerprint density at radius 2 is 1.73 bits per heavy atom. The molecule has 0 aliphatic heterocycles. The van der Waals surface area contributed by atoms with Gasteiger partial charge in [-0.3, -0.25) is 4.79 Å². The van der Waals surface area contributed by atoms with Crippen LogP contribution in [0.2, 0.25) is 0 Å². The largest absolute Gasteiger partial charge is 0.492 e. The summed E-state index contributed by atoms with van der Waals surface area (Å²) in [4.78, 5) is 12.7. The molecule has 0 aliphatic rings. The molecule has 0 saturated heterocycles. The Kier molecular flexibility index (Phi) is 5.74. The van der Waals surface area contributed by atoms with Gasteiger partial charge in [0.2, 0.25) is 5.91 Å². The second kappa shape index (κ2) is 8.39. The minimum absolute atomic E-state index is 0.0450. The van der Waals surface area contributed by atoms with Gasteiger partial charge in [-0.2, -0.15) is 0 Å². The van der Waals surface area contributed by atoms with Gasteiger partial charge in [-0.05, 0) is 43.7 Å². The fourth-order valence-corrected chi connectivity index (χ4v) is 2.97. The maximum atomic E-state index is 12.7. The first-order valence-corrected chi connectivity index (χ1v) is 8.88. The molecule has 4 heteroatoms. The van der Waals surface area contributed by atoms with Gasteiger partial charge >= 0.3 is 0 Å². The highest BCUT2D eigenvalue weighted by molar-refractivity contribution is 5.92. The first-order valence-electron chi connectivity index (χ1n) is 8.88. The first-order chi connectivity index (χ1) is 12.7. The number of nitrogens with zero attached hydrogens (tertiary/aromatic N) is 1. The molecule has 1 heterocycles. The molecule has 4 nitrogen and oxygen atoms in total. The van der Waals surface area contributed by atoms with E-state index in [2.05, 4.69) is 41.1 Å². The Hall–Kier alpha value is -3.01. The topological polar surface area (TPSA) is 43.3 Å². The number of carbonyl (C=O) groups is 1. The van der Waals surface area contributed by atoms with Crippen LogP contribution in [0.15, 0.2) is 73.1 Å². The molecule has 3 aromatic rings. The first kappa shape index (κ1) is 17.8. The van der Waals surface area contributed by atoms with E-state index in [-0.39, 0.29) is 11.9 Å². The second-order valence-corrected chi connectivity index (χ2v) is 6.24. The normalized spacial score (nSPS) is 11.8. The zero-order valence-electron chi connectivity index (χ0n) is 15.2. The van der Waals surface area contributed by atoms with Crippen molar-refractivity contribution in [3.8, 4) is 5.75 Å². The number of anilines is 1. The molecule has 1 atom stereocenters. The highest BCUT2D eigenvalue weighted by Crippen LogP contribution is 2.27. The molecule has 0 fully saturated rings. The summed E-state index contributed by atoms with van der Waals surface area (Å²) < 4.78 is 7.66. The number of amides is 1. The number of rotatable bonds is 7. The molecule has 1 amide bonds. The Morgan fingerprint density at radius 3 is 2.42 bits per heavy atom. The summed E-state index contributed by atoms with van der Waals surface area (Å²) in [5, 5.41) is 2.99. The summed E-state index contributed by atoms with van der Waals surface area (Å²) in [6.45, 7) is 4.55. The number of ether oxygens (including phenoxy) is 1. The Bertz CT molecular complexity index is 839. The number of carbonyl (C=O) groups excluding carboxylic acids is 1. The summed E-state index contributed by atoms with van der Waals surface area (Å²) in [6.07, 6.45) is 4.33. The SMILES string of the molecule is CCOc1ccccc1NC(=O)C[C@@H](c1ccc(C)cc1)n1cccc1. The van der Waals surface area contributed by atoms with Crippen LogP contribution in [0, 0.1) is 6.92 Å². The number of benzene rings is 2. The third kappa shape index (κ3) is 4.33. The fraction of sp³-hybridized carbons (Fsp3) is 0.227. The van der Waals surface area contributed by atoms with Crippen LogP contribution < -0.4 is 10.1 Å². The zero-order chi connectivity index (χ0) is 18.4. The second-order valence-electron chi connectivity index (χ2n) is 6.24. The van der Waals surface area contributed by atoms with Crippen LogP contribution in [0.1, 0.15) is 30.5 Å². The molecule has 0 aliphatic carbocycles. The standard InChI is InChI=1S/C22H24N2O2/c1-3-26-21-9-5-4-8-19(21)23-22(25)16-20(24-14-6-7-15-24)18-12-10-17(2)11-13-18/h4-15,20H,3,16H2,1-2H3,(H,23,25)/t20-/m0/s1. The van der Waals surface area contributed by atoms with Gasteiger partial charge in [0.15, 0.2) is 0 Å². The summed E-state index contributed by atoms with van der Waals surface area (Å²) >= 11 is 0. The molecule has 0 spiro atoms. The Morgan fingerprint density at radius 1 is 1.04 bits per heavy atom. The van der Waals surface area contributed by atoms with Crippen LogP contribution in [0.25, 0.3) is 0 Å². The molecular weight excluding hydrogens is 324 g/mol. The average Bonchev–Trinajstić information content (AvgIpc) is 3.17. The molecule has 26 heavy (non-hydrogen) atoms. The Balaban J connectivity index is 1.79. The van der Waals surface area contributed by atoms with E-state index >= 15 is 0 Å². The molecule has 1 aromatic heterocycles. The number of hydrogen-bond acceptors (Lipinski definition) is 2. The minimum Gasteiger partial charge on any atom is -0.492 e. The van der Waals surface area contributed by atoms with Crippen LogP contribution in [0.4, 0.5) is 5.69 Å². The van der Waals surface area contributed by atoms with Gasteiger partial charge in [0, 0.05) is 12.4 Å². The van der Waals surface area contributed by atoms with Crippen LogP contribution >= 0.6 is 0 Å². The number of aromatic nitrogens is 1. The smallest absolute Gasteiger partial charge is 0.226 e. The predicted octanol–water partition coefficient (Wildman–Crippen LogP) is 4.81. The molecule has 0 unspecified atom stereocenters. The lowest BCUT2D eigenvalue weighted by molar-refractivity contribution is -0.116. The van der Waals surface area contributed by atoms with Crippen molar-refractivity contribution in [2.24, 2.45) is 0 Å². The molecule has 1 N–H and O–H groups in total. The van der Waals surface area contributed by atoms with Crippen molar-refractivity contribution in [2.75, 3.05) is 11.9 Å². The number of hydrogen-bond donors (Lipinski definition) is 1. The fourth-order valence-electron chi connectivity index (χ4n) is 2.97. The number of nitrogens with one attached hydrogen (secondary N) is 1.